The van der Waals surface area contributed by atoms with Gasteiger partial charge in [0.25, 0.3) is 0 Å². The van der Waals surface area contributed by atoms with Crippen molar-refractivity contribution >= 4 is 22.6 Å². The van der Waals surface area contributed by atoms with Crippen molar-refractivity contribution in [2.45, 2.75) is 45.0 Å². The number of unbranched alkanes of at least 4 members (excludes halogenated alkanes) is 1. The second kappa shape index (κ2) is 6.08. The first kappa shape index (κ1) is 13.9. The van der Waals surface area contributed by atoms with Crippen LogP contribution in [0.25, 0.3) is 11.0 Å². The van der Waals surface area contributed by atoms with Crippen LogP contribution < -0.4 is 0 Å². The smallest absolute Gasteiger partial charge is 0.125 e. The number of nitrogens with zero attached hydrogens (tertiary/aromatic N) is 3. The predicted molar refractivity (Wildman–Crippen MR) is 78.2 cm³/mol. The fourth-order valence-corrected chi connectivity index (χ4v) is 2.66. The third-order valence-corrected chi connectivity index (χ3v) is 3.69. The van der Waals surface area contributed by atoms with Crippen molar-refractivity contribution in [2.24, 2.45) is 0 Å². The van der Waals surface area contributed by atoms with Gasteiger partial charge in [0.15, 0.2) is 0 Å². The van der Waals surface area contributed by atoms with Crippen molar-refractivity contribution < 1.29 is 0 Å². The number of fused-ring (bicyclic) bond motifs is 1. The van der Waals surface area contributed by atoms with E-state index >= 15 is 0 Å². The zero-order valence-corrected chi connectivity index (χ0v) is 12.1. The van der Waals surface area contributed by atoms with Crippen LogP contribution >= 0.6 is 11.6 Å². The summed E-state index contributed by atoms with van der Waals surface area (Å²) in [4.78, 5) is 4.54. The molecule has 0 saturated carbocycles. The Morgan fingerprint density at radius 1 is 1.47 bits per heavy atom. The summed E-state index contributed by atoms with van der Waals surface area (Å²) in [5, 5.41) is 9.16. The molecule has 0 aliphatic rings. The van der Waals surface area contributed by atoms with Crippen LogP contribution in [0.4, 0.5) is 0 Å². The highest BCUT2D eigenvalue weighted by Crippen LogP contribution is 2.27. The second-order valence-corrected chi connectivity index (χ2v) is 5.08. The maximum absolute atomic E-state index is 9.16. The molecule has 0 radical (unpaired) electrons. The van der Waals surface area contributed by atoms with Gasteiger partial charge in [0.2, 0.25) is 0 Å². The SMILES string of the molecule is CCCCC(C)n1c(CCl)nc2c(C#N)cccc21. The zero-order chi connectivity index (χ0) is 13.8. The lowest BCUT2D eigenvalue weighted by molar-refractivity contribution is 0.485. The average molecular weight is 276 g/mol. The molecule has 0 aliphatic carbocycles. The molecule has 1 atom stereocenters. The van der Waals surface area contributed by atoms with Crippen LogP contribution in [-0.2, 0) is 5.88 Å². The maximum atomic E-state index is 9.16. The van der Waals surface area contributed by atoms with E-state index in [1.54, 1.807) is 6.07 Å². The highest BCUT2D eigenvalue weighted by Gasteiger charge is 2.16. The Balaban J connectivity index is 2.55. The molecule has 3 nitrogen and oxygen atoms in total. The third-order valence-electron chi connectivity index (χ3n) is 3.45. The first-order valence-corrected chi connectivity index (χ1v) is 7.22. The molecule has 0 spiro atoms. The molecule has 1 heterocycles. The van der Waals surface area contributed by atoms with Gasteiger partial charge in [-0.2, -0.15) is 5.26 Å². The standard InChI is InChI=1S/C15H18ClN3/c1-3-4-6-11(2)19-13-8-5-7-12(10-17)15(13)18-14(19)9-16/h5,7-8,11H,3-4,6,9H2,1-2H3. The number of rotatable bonds is 5. The minimum absolute atomic E-state index is 0.354. The van der Waals surface area contributed by atoms with E-state index in [9.17, 15) is 0 Å². The normalized spacial score (nSPS) is 12.5. The minimum atomic E-state index is 0.354. The number of hydrogen-bond donors (Lipinski definition) is 0. The highest BCUT2D eigenvalue weighted by molar-refractivity contribution is 6.16. The van der Waals surface area contributed by atoms with Crippen molar-refractivity contribution in [3.05, 3.63) is 29.6 Å². The first-order valence-electron chi connectivity index (χ1n) is 6.68. The van der Waals surface area contributed by atoms with Gasteiger partial charge in [0.1, 0.15) is 17.4 Å². The molecule has 4 heteroatoms. The van der Waals surface area contributed by atoms with E-state index in [-0.39, 0.29) is 0 Å². The second-order valence-electron chi connectivity index (χ2n) is 4.81. The number of halogens is 1. The number of benzene rings is 1. The molecule has 2 rings (SSSR count). The molecular weight excluding hydrogens is 258 g/mol. The van der Waals surface area contributed by atoms with E-state index in [0.29, 0.717) is 17.5 Å². The molecule has 2 aromatic rings. The largest absolute Gasteiger partial charge is 0.324 e. The van der Waals surface area contributed by atoms with Crippen LogP contribution in [0.2, 0.25) is 0 Å². The lowest BCUT2D eigenvalue weighted by Gasteiger charge is -2.16. The summed E-state index contributed by atoms with van der Waals surface area (Å²) in [6.07, 6.45) is 3.46. The zero-order valence-electron chi connectivity index (χ0n) is 11.4. The van der Waals surface area contributed by atoms with Gasteiger partial charge in [-0.15, -0.1) is 11.6 Å². The maximum Gasteiger partial charge on any atom is 0.125 e. The summed E-state index contributed by atoms with van der Waals surface area (Å²) >= 11 is 6.01. The summed E-state index contributed by atoms with van der Waals surface area (Å²) in [5.41, 5.74) is 2.40. The van der Waals surface area contributed by atoms with E-state index < -0.39 is 0 Å². The molecule has 0 aliphatic heterocycles. The number of hydrogen-bond acceptors (Lipinski definition) is 2. The van der Waals surface area contributed by atoms with E-state index in [1.807, 2.05) is 12.1 Å². The van der Waals surface area contributed by atoms with Crippen molar-refractivity contribution in [1.82, 2.24) is 9.55 Å². The topological polar surface area (TPSA) is 41.6 Å². The number of nitriles is 1. The summed E-state index contributed by atoms with van der Waals surface area (Å²) in [7, 11) is 0. The fourth-order valence-electron chi connectivity index (χ4n) is 2.47. The Kier molecular flexibility index (Phi) is 4.44. The van der Waals surface area contributed by atoms with Gasteiger partial charge < -0.3 is 4.57 Å². The van der Waals surface area contributed by atoms with Crippen molar-refractivity contribution in [3.8, 4) is 6.07 Å². The molecular formula is C15H18ClN3. The molecule has 0 amide bonds. The molecule has 1 aromatic heterocycles. The quantitative estimate of drug-likeness (QED) is 0.759. The van der Waals surface area contributed by atoms with Gasteiger partial charge in [-0.3, -0.25) is 0 Å². The fraction of sp³-hybridized carbons (Fsp3) is 0.467. The molecule has 19 heavy (non-hydrogen) atoms. The summed E-state index contributed by atoms with van der Waals surface area (Å²) < 4.78 is 2.18. The molecule has 0 saturated heterocycles. The van der Waals surface area contributed by atoms with Crippen LogP contribution in [0.15, 0.2) is 18.2 Å². The molecule has 0 N–H and O–H groups in total. The lowest BCUT2D eigenvalue weighted by atomic mass is 10.1. The van der Waals surface area contributed by atoms with Crippen LogP contribution in [0.3, 0.4) is 0 Å². The first-order chi connectivity index (χ1) is 9.22. The monoisotopic (exact) mass is 275 g/mol. The van der Waals surface area contributed by atoms with Gasteiger partial charge in [0.05, 0.1) is 17.0 Å². The van der Waals surface area contributed by atoms with Gasteiger partial charge in [0, 0.05) is 6.04 Å². The van der Waals surface area contributed by atoms with Gasteiger partial charge >= 0.3 is 0 Å². The number of aromatic nitrogens is 2. The van der Waals surface area contributed by atoms with E-state index in [4.69, 9.17) is 16.9 Å². The van der Waals surface area contributed by atoms with E-state index in [2.05, 4.69) is 29.5 Å². The van der Waals surface area contributed by atoms with Gasteiger partial charge in [-0.1, -0.05) is 25.8 Å². The molecule has 0 fully saturated rings. The van der Waals surface area contributed by atoms with E-state index in [0.717, 1.165) is 23.3 Å². The molecule has 1 unspecified atom stereocenters. The van der Waals surface area contributed by atoms with Crippen molar-refractivity contribution in [1.29, 1.82) is 5.26 Å². The number of alkyl halides is 1. The summed E-state index contributed by atoms with van der Waals surface area (Å²) in [6, 6.07) is 8.27. The Labute approximate surface area is 118 Å². The van der Waals surface area contributed by atoms with Crippen LogP contribution in [0.1, 0.15) is 50.5 Å². The average Bonchev–Trinajstić information content (AvgIpc) is 2.83. The number of imidazole rings is 1. The highest BCUT2D eigenvalue weighted by atomic mass is 35.5. The Morgan fingerprint density at radius 2 is 2.26 bits per heavy atom. The molecule has 1 aromatic carbocycles. The lowest BCUT2D eigenvalue weighted by Crippen LogP contribution is -2.08. The predicted octanol–water partition coefficient (Wildman–Crippen LogP) is 4.40. The number of para-hydroxylation sites is 1. The van der Waals surface area contributed by atoms with Gasteiger partial charge in [-0.25, -0.2) is 4.98 Å². The molecule has 100 valence electrons. The van der Waals surface area contributed by atoms with Crippen LogP contribution in [0, 0.1) is 11.3 Å². The van der Waals surface area contributed by atoms with Crippen molar-refractivity contribution in [2.75, 3.05) is 0 Å². The van der Waals surface area contributed by atoms with Crippen LogP contribution in [-0.4, -0.2) is 9.55 Å². The molecule has 0 bridgehead atoms. The minimum Gasteiger partial charge on any atom is -0.324 e. The third kappa shape index (κ3) is 2.59. The Morgan fingerprint density at radius 3 is 2.89 bits per heavy atom. The Bertz CT molecular complexity index is 610. The van der Waals surface area contributed by atoms with Crippen molar-refractivity contribution in [3.63, 3.8) is 0 Å². The Hall–Kier alpha value is -1.53. The van der Waals surface area contributed by atoms with Gasteiger partial charge in [-0.05, 0) is 25.5 Å². The van der Waals surface area contributed by atoms with E-state index in [1.165, 1.54) is 12.8 Å². The van der Waals surface area contributed by atoms with Crippen LogP contribution in [0.5, 0.6) is 0 Å². The summed E-state index contributed by atoms with van der Waals surface area (Å²) in [6.45, 7) is 4.38. The summed E-state index contributed by atoms with van der Waals surface area (Å²) in [5.74, 6) is 1.22.